The average Bonchev–Trinajstić information content (AvgIpc) is 2.53. The Labute approximate surface area is 114 Å². The third kappa shape index (κ3) is 2.36. The van der Waals surface area contributed by atoms with Crippen LogP contribution in [0.5, 0.6) is 0 Å². The van der Waals surface area contributed by atoms with Gasteiger partial charge in [0.15, 0.2) is 0 Å². The van der Waals surface area contributed by atoms with Crippen molar-refractivity contribution in [3.05, 3.63) is 22.2 Å². The van der Waals surface area contributed by atoms with E-state index in [2.05, 4.69) is 21.2 Å². The number of hydrogen-bond donors (Lipinski definition) is 3. The molecule has 4 N–H and O–H groups in total. The van der Waals surface area contributed by atoms with Crippen LogP contribution in [0.3, 0.4) is 0 Å². The quantitative estimate of drug-likeness (QED) is 0.784. The van der Waals surface area contributed by atoms with Crippen LogP contribution in [0.4, 0.5) is 11.4 Å². The highest BCUT2D eigenvalue weighted by Gasteiger charge is 2.28. The van der Waals surface area contributed by atoms with Gasteiger partial charge in [-0.2, -0.15) is 0 Å². The number of aliphatic hydroxyl groups excluding tert-OH is 1. The van der Waals surface area contributed by atoms with Crippen molar-refractivity contribution in [1.82, 2.24) is 0 Å². The number of carbonyl (C=O) groups is 1. The number of halogens is 1. The summed E-state index contributed by atoms with van der Waals surface area (Å²) >= 11 is 3.47. The van der Waals surface area contributed by atoms with Crippen LogP contribution in [0.1, 0.15) is 18.5 Å². The highest BCUT2D eigenvalue weighted by atomic mass is 79.9. The molecule has 0 saturated carbocycles. The minimum Gasteiger partial charge on any atom is -0.392 e. The highest BCUT2D eigenvalue weighted by Crippen LogP contribution is 2.37. The van der Waals surface area contributed by atoms with Crippen molar-refractivity contribution in [1.29, 1.82) is 0 Å². The molecule has 1 amide bonds. The van der Waals surface area contributed by atoms with Gasteiger partial charge in [-0.05, 0) is 35.0 Å². The van der Waals surface area contributed by atoms with Gasteiger partial charge in [-0.3, -0.25) is 4.79 Å². The van der Waals surface area contributed by atoms with E-state index in [-0.39, 0.29) is 5.91 Å². The van der Waals surface area contributed by atoms with Crippen LogP contribution < -0.4 is 16.0 Å². The molecule has 0 bridgehead atoms. The molecule has 18 heavy (non-hydrogen) atoms. The van der Waals surface area contributed by atoms with Crippen LogP contribution in [-0.4, -0.2) is 30.7 Å². The van der Waals surface area contributed by atoms with Crippen LogP contribution in [0.25, 0.3) is 0 Å². The number of nitrogens with zero attached hydrogens (tertiary/aromatic N) is 1. The summed E-state index contributed by atoms with van der Waals surface area (Å²) in [7, 11) is 1.88. The molecule has 1 heterocycles. The van der Waals surface area contributed by atoms with E-state index in [1.807, 2.05) is 24.1 Å². The van der Waals surface area contributed by atoms with Gasteiger partial charge in [-0.25, -0.2) is 0 Å². The molecular weight excluding hydrogens is 298 g/mol. The van der Waals surface area contributed by atoms with Crippen LogP contribution in [0.2, 0.25) is 0 Å². The van der Waals surface area contributed by atoms with Gasteiger partial charge in [0.2, 0.25) is 5.91 Å². The van der Waals surface area contributed by atoms with E-state index in [0.29, 0.717) is 6.54 Å². The van der Waals surface area contributed by atoms with Crippen LogP contribution in [-0.2, 0) is 4.79 Å². The summed E-state index contributed by atoms with van der Waals surface area (Å²) in [6, 6.07) is 3.12. The summed E-state index contributed by atoms with van der Waals surface area (Å²) in [4.78, 5) is 13.4. The first-order chi connectivity index (χ1) is 8.40. The summed E-state index contributed by atoms with van der Waals surface area (Å²) in [6.45, 7) is 2.24. The van der Waals surface area contributed by atoms with Crippen LogP contribution >= 0.6 is 15.9 Å². The lowest BCUT2D eigenvalue weighted by Gasteiger charge is -2.23. The Morgan fingerprint density at radius 2 is 2.28 bits per heavy atom. The monoisotopic (exact) mass is 313 g/mol. The SMILES string of the molecule is CC(O)CN(C)c1cc2c(cc1Br)C(N)C(=O)N2. The highest BCUT2D eigenvalue weighted by molar-refractivity contribution is 9.10. The van der Waals surface area contributed by atoms with E-state index in [1.165, 1.54) is 0 Å². The number of amides is 1. The van der Waals surface area contributed by atoms with Gasteiger partial charge in [0, 0.05) is 29.3 Å². The van der Waals surface area contributed by atoms with Crippen molar-refractivity contribution in [3.63, 3.8) is 0 Å². The molecule has 0 aromatic heterocycles. The van der Waals surface area contributed by atoms with Crippen molar-refractivity contribution in [2.75, 3.05) is 23.8 Å². The predicted octanol–water partition coefficient (Wildman–Crippen LogP) is 1.22. The summed E-state index contributed by atoms with van der Waals surface area (Å²) in [6.07, 6.45) is -0.424. The lowest BCUT2D eigenvalue weighted by molar-refractivity contribution is -0.116. The molecule has 2 rings (SSSR count). The summed E-state index contributed by atoms with van der Waals surface area (Å²) in [5.74, 6) is -0.188. The minimum absolute atomic E-state index is 0.188. The third-order valence-corrected chi connectivity index (χ3v) is 3.58. The first-order valence-electron chi connectivity index (χ1n) is 5.69. The Morgan fingerprint density at radius 1 is 1.61 bits per heavy atom. The van der Waals surface area contributed by atoms with Gasteiger partial charge in [0.1, 0.15) is 6.04 Å². The van der Waals surface area contributed by atoms with E-state index in [9.17, 15) is 9.90 Å². The summed E-state index contributed by atoms with van der Waals surface area (Å²) in [5.41, 5.74) is 8.22. The number of rotatable bonds is 3. The van der Waals surface area contributed by atoms with Crippen molar-refractivity contribution in [3.8, 4) is 0 Å². The first-order valence-corrected chi connectivity index (χ1v) is 6.48. The van der Waals surface area contributed by atoms with Gasteiger partial charge in [0.05, 0.1) is 11.8 Å². The maximum absolute atomic E-state index is 11.5. The number of nitrogens with one attached hydrogen (secondary N) is 1. The predicted molar refractivity (Wildman–Crippen MR) is 74.7 cm³/mol. The molecule has 1 aromatic carbocycles. The molecule has 2 atom stereocenters. The number of hydrogen-bond acceptors (Lipinski definition) is 4. The lowest BCUT2D eigenvalue weighted by Crippen LogP contribution is -2.27. The van der Waals surface area contributed by atoms with E-state index in [1.54, 1.807) is 6.92 Å². The zero-order valence-corrected chi connectivity index (χ0v) is 11.9. The standard InChI is InChI=1S/C12H16BrN3O2/c1-6(17)5-16(2)10-4-9-7(3-8(10)13)11(14)12(18)15-9/h3-4,6,11,17H,5,14H2,1-2H3,(H,15,18). The second kappa shape index (κ2) is 4.87. The average molecular weight is 314 g/mol. The maximum Gasteiger partial charge on any atom is 0.245 e. The van der Waals surface area contributed by atoms with E-state index in [0.717, 1.165) is 21.4 Å². The topological polar surface area (TPSA) is 78.6 Å². The molecule has 0 spiro atoms. The van der Waals surface area contributed by atoms with Crippen molar-refractivity contribution >= 4 is 33.2 Å². The molecule has 1 aliphatic rings. The molecule has 2 unspecified atom stereocenters. The molecule has 0 saturated heterocycles. The van der Waals surface area contributed by atoms with Gasteiger partial charge >= 0.3 is 0 Å². The smallest absolute Gasteiger partial charge is 0.245 e. The van der Waals surface area contributed by atoms with Crippen LogP contribution in [0.15, 0.2) is 16.6 Å². The van der Waals surface area contributed by atoms with Gasteiger partial charge in [-0.15, -0.1) is 0 Å². The normalized spacial score (nSPS) is 19.4. The largest absolute Gasteiger partial charge is 0.392 e. The van der Waals surface area contributed by atoms with Crippen molar-refractivity contribution in [2.45, 2.75) is 19.1 Å². The molecule has 5 nitrogen and oxygen atoms in total. The number of likely N-dealkylation sites (N-methyl/N-ethyl adjacent to an activating group) is 1. The lowest BCUT2D eigenvalue weighted by atomic mass is 10.1. The van der Waals surface area contributed by atoms with E-state index in [4.69, 9.17) is 5.73 Å². The Morgan fingerprint density at radius 3 is 2.89 bits per heavy atom. The second-order valence-corrected chi connectivity index (χ2v) is 5.44. The van der Waals surface area contributed by atoms with Crippen molar-refractivity contribution in [2.24, 2.45) is 5.73 Å². The first kappa shape index (κ1) is 13.3. The molecule has 98 valence electrons. The fraction of sp³-hybridized carbons (Fsp3) is 0.417. The molecular formula is C12H16BrN3O2. The summed E-state index contributed by atoms with van der Waals surface area (Å²) in [5, 5.41) is 12.2. The molecule has 0 radical (unpaired) electrons. The number of aliphatic hydroxyl groups is 1. The van der Waals surface area contributed by atoms with Gasteiger partial charge < -0.3 is 21.1 Å². The third-order valence-electron chi connectivity index (χ3n) is 2.94. The number of anilines is 2. The van der Waals surface area contributed by atoms with E-state index >= 15 is 0 Å². The molecule has 0 aliphatic carbocycles. The fourth-order valence-electron chi connectivity index (χ4n) is 2.08. The second-order valence-electron chi connectivity index (χ2n) is 4.59. The Balaban J connectivity index is 2.35. The van der Waals surface area contributed by atoms with Gasteiger partial charge in [-0.1, -0.05) is 0 Å². The Hall–Kier alpha value is -1.11. The number of carbonyl (C=O) groups excluding carboxylic acids is 1. The number of benzene rings is 1. The van der Waals surface area contributed by atoms with Crippen LogP contribution in [0, 0.1) is 0 Å². The number of fused-ring (bicyclic) bond motifs is 1. The summed E-state index contributed by atoms with van der Waals surface area (Å²) < 4.78 is 0.858. The minimum atomic E-state index is -0.604. The number of nitrogens with two attached hydrogens (primary N) is 1. The molecule has 0 fully saturated rings. The zero-order chi connectivity index (χ0) is 13.4. The Bertz CT molecular complexity index is 490. The molecule has 6 heteroatoms. The fourth-order valence-corrected chi connectivity index (χ4v) is 2.75. The van der Waals surface area contributed by atoms with Gasteiger partial charge in [0.25, 0.3) is 0 Å². The zero-order valence-electron chi connectivity index (χ0n) is 10.3. The Kier molecular flexibility index (Phi) is 3.61. The molecule has 1 aromatic rings. The molecule has 1 aliphatic heterocycles. The van der Waals surface area contributed by atoms with E-state index < -0.39 is 12.1 Å². The maximum atomic E-state index is 11.5. The van der Waals surface area contributed by atoms with Crippen molar-refractivity contribution < 1.29 is 9.90 Å².